The highest BCUT2D eigenvalue weighted by Crippen LogP contribution is 2.59. The van der Waals surface area contributed by atoms with Gasteiger partial charge < -0.3 is 10.2 Å². The SMILES string of the molecule is CCCCCCC(=O)C(C)(C)C(=O)CC=C(C)[C@H]1CC[C@H]2C(=CC=C3C[C@@H](O)C(C)[C@H](O)C3)CCC[C@]12C. The number of aliphatic hydroxyl groups is 2. The number of rotatable bonds is 11. The molecule has 3 rings (SSSR count). The van der Waals surface area contributed by atoms with E-state index in [1.54, 1.807) is 0 Å². The smallest absolute Gasteiger partial charge is 0.149 e. The molecule has 0 spiro atoms. The van der Waals surface area contributed by atoms with Crippen LogP contribution in [0, 0.1) is 28.6 Å². The molecule has 4 nitrogen and oxygen atoms in total. The van der Waals surface area contributed by atoms with Gasteiger partial charge in [-0.15, -0.1) is 0 Å². The van der Waals surface area contributed by atoms with Crippen molar-refractivity contribution in [1.82, 2.24) is 0 Å². The molecule has 0 unspecified atom stereocenters. The second kappa shape index (κ2) is 13.2. The van der Waals surface area contributed by atoms with Gasteiger partial charge in [-0.1, -0.05) is 75.0 Å². The Morgan fingerprint density at radius 2 is 1.71 bits per heavy atom. The van der Waals surface area contributed by atoms with Crippen LogP contribution in [-0.4, -0.2) is 34.0 Å². The number of allylic oxidation sites excluding steroid dienone is 5. The van der Waals surface area contributed by atoms with Crippen molar-refractivity contribution in [2.24, 2.45) is 28.6 Å². The van der Waals surface area contributed by atoms with Crippen molar-refractivity contribution in [3.63, 3.8) is 0 Å². The number of Topliss-reactive ketones (excluding diaryl/α,β-unsaturated/α-hetero) is 2. The number of fused-ring (bicyclic) bond motifs is 1. The van der Waals surface area contributed by atoms with E-state index in [4.69, 9.17) is 0 Å². The lowest BCUT2D eigenvalue weighted by molar-refractivity contribution is -0.138. The van der Waals surface area contributed by atoms with Crippen LogP contribution in [0.4, 0.5) is 0 Å². The van der Waals surface area contributed by atoms with E-state index in [0.717, 1.165) is 44.1 Å². The van der Waals surface area contributed by atoms with Crippen LogP contribution >= 0.6 is 0 Å². The van der Waals surface area contributed by atoms with Gasteiger partial charge >= 0.3 is 0 Å². The molecular weight excluding hydrogens is 472 g/mol. The molecule has 3 saturated carbocycles. The van der Waals surface area contributed by atoms with E-state index < -0.39 is 17.6 Å². The molecule has 0 bridgehead atoms. The summed E-state index contributed by atoms with van der Waals surface area (Å²) >= 11 is 0. The maximum atomic E-state index is 13.1. The van der Waals surface area contributed by atoms with Crippen molar-refractivity contribution in [3.8, 4) is 0 Å². The van der Waals surface area contributed by atoms with Crippen molar-refractivity contribution in [2.75, 3.05) is 0 Å². The standard InChI is InChI=1S/C34H54O4/c1-7-8-9-10-13-31(37)33(4,5)32(38)19-14-23(2)27-17-18-28-26(12-11-20-34(27,28)6)16-15-25-21-29(35)24(3)30(36)22-25/h14-16,24,27-30,35-36H,7-13,17-22H2,1-6H3/t24?,27-,28+,29-,30-,34-/m1/s1. The van der Waals surface area contributed by atoms with Crippen LogP contribution in [0.3, 0.4) is 0 Å². The minimum absolute atomic E-state index is 0.0408. The van der Waals surface area contributed by atoms with Gasteiger partial charge in [-0.2, -0.15) is 0 Å². The molecule has 0 heterocycles. The van der Waals surface area contributed by atoms with Gasteiger partial charge in [0, 0.05) is 18.8 Å². The van der Waals surface area contributed by atoms with Gasteiger partial charge in [-0.3, -0.25) is 9.59 Å². The number of aliphatic hydroxyl groups excluding tert-OH is 2. The van der Waals surface area contributed by atoms with E-state index in [1.807, 2.05) is 20.8 Å². The third-order valence-electron chi connectivity index (χ3n) is 10.5. The van der Waals surface area contributed by atoms with Crippen molar-refractivity contribution in [1.29, 1.82) is 0 Å². The van der Waals surface area contributed by atoms with Gasteiger partial charge in [0.1, 0.15) is 11.6 Å². The summed E-state index contributed by atoms with van der Waals surface area (Å²) in [6, 6.07) is 0. The Morgan fingerprint density at radius 3 is 2.37 bits per heavy atom. The number of hydrogen-bond acceptors (Lipinski definition) is 4. The minimum Gasteiger partial charge on any atom is -0.392 e. The van der Waals surface area contributed by atoms with Crippen LogP contribution in [0.25, 0.3) is 0 Å². The Kier molecular flexibility index (Phi) is 10.8. The quantitative estimate of drug-likeness (QED) is 0.164. The number of unbranched alkanes of at least 4 members (excludes halogenated alkanes) is 3. The van der Waals surface area contributed by atoms with E-state index >= 15 is 0 Å². The van der Waals surface area contributed by atoms with Crippen LogP contribution < -0.4 is 0 Å². The zero-order valence-corrected chi connectivity index (χ0v) is 25.0. The van der Waals surface area contributed by atoms with Gasteiger partial charge in [-0.05, 0) is 89.4 Å². The summed E-state index contributed by atoms with van der Waals surface area (Å²) in [4.78, 5) is 25.9. The van der Waals surface area contributed by atoms with Crippen molar-refractivity contribution in [2.45, 2.75) is 137 Å². The predicted octanol–water partition coefficient (Wildman–Crippen LogP) is 7.68. The number of carbonyl (C=O) groups is 2. The van der Waals surface area contributed by atoms with Crippen LogP contribution in [0.15, 0.2) is 34.9 Å². The number of ketones is 2. The summed E-state index contributed by atoms with van der Waals surface area (Å²) in [5.41, 5.74) is 3.25. The van der Waals surface area contributed by atoms with Gasteiger partial charge in [0.2, 0.25) is 0 Å². The maximum Gasteiger partial charge on any atom is 0.149 e. The fourth-order valence-electron chi connectivity index (χ4n) is 7.43. The van der Waals surface area contributed by atoms with E-state index in [9.17, 15) is 19.8 Å². The second-order valence-electron chi connectivity index (χ2n) is 13.4. The molecule has 3 aliphatic carbocycles. The van der Waals surface area contributed by atoms with Crippen molar-refractivity contribution >= 4 is 11.6 Å². The summed E-state index contributed by atoms with van der Waals surface area (Å²) in [6.45, 7) is 12.3. The Bertz CT molecular complexity index is 924. The van der Waals surface area contributed by atoms with E-state index in [-0.39, 0.29) is 22.9 Å². The second-order valence-corrected chi connectivity index (χ2v) is 13.4. The highest BCUT2D eigenvalue weighted by atomic mass is 16.3. The number of carbonyl (C=O) groups excluding carboxylic acids is 2. The lowest BCUT2D eigenvalue weighted by Gasteiger charge is -2.43. The molecule has 4 heteroatoms. The molecule has 0 aromatic rings. The molecule has 3 fully saturated rings. The first-order valence-corrected chi connectivity index (χ1v) is 15.4. The normalized spacial score (nSPS) is 33.4. The molecule has 214 valence electrons. The molecule has 0 amide bonds. The van der Waals surface area contributed by atoms with E-state index in [1.165, 1.54) is 30.4 Å². The van der Waals surface area contributed by atoms with Crippen molar-refractivity contribution in [3.05, 3.63) is 34.9 Å². The Labute approximate surface area is 232 Å². The van der Waals surface area contributed by atoms with E-state index in [0.29, 0.717) is 37.5 Å². The summed E-state index contributed by atoms with van der Waals surface area (Å²) in [6.07, 6.45) is 17.8. The first kappa shape index (κ1) is 31.0. The summed E-state index contributed by atoms with van der Waals surface area (Å²) in [5, 5.41) is 20.6. The fourth-order valence-corrected chi connectivity index (χ4v) is 7.43. The Hall–Kier alpha value is -1.52. The molecule has 0 radical (unpaired) electrons. The third kappa shape index (κ3) is 6.97. The fraction of sp³-hybridized carbons (Fsp3) is 0.765. The zero-order chi connectivity index (χ0) is 28.1. The zero-order valence-electron chi connectivity index (χ0n) is 25.0. The Morgan fingerprint density at radius 1 is 1.03 bits per heavy atom. The maximum absolute atomic E-state index is 13.1. The van der Waals surface area contributed by atoms with Crippen LogP contribution in [0.1, 0.15) is 125 Å². The Balaban J connectivity index is 1.65. The highest BCUT2D eigenvalue weighted by Gasteiger charge is 2.49. The van der Waals surface area contributed by atoms with Gasteiger partial charge in [0.15, 0.2) is 0 Å². The van der Waals surface area contributed by atoms with Gasteiger partial charge in [0.25, 0.3) is 0 Å². The van der Waals surface area contributed by atoms with Crippen LogP contribution in [0.2, 0.25) is 0 Å². The average Bonchev–Trinajstić information content (AvgIpc) is 3.24. The minimum atomic E-state index is -0.905. The first-order chi connectivity index (χ1) is 17.9. The molecule has 0 aromatic heterocycles. The molecule has 2 N–H and O–H groups in total. The topological polar surface area (TPSA) is 74.6 Å². The molecular formula is C34H54O4. The van der Waals surface area contributed by atoms with Gasteiger partial charge in [0.05, 0.1) is 17.6 Å². The van der Waals surface area contributed by atoms with Crippen molar-refractivity contribution < 1.29 is 19.8 Å². The highest BCUT2D eigenvalue weighted by molar-refractivity contribution is 6.06. The lowest BCUT2D eigenvalue weighted by Crippen LogP contribution is -2.35. The summed E-state index contributed by atoms with van der Waals surface area (Å²) in [5.74, 6) is 1.06. The van der Waals surface area contributed by atoms with E-state index in [2.05, 4.69) is 39.0 Å². The molecule has 0 aromatic carbocycles. The molecule has 38 heavy (non-hydrogen) atoms. The average molecular weight is 527 g/mol. The van der Waals surface area contributed by atoms with Crippen LogP contribution in [-0.2, 0) is 9.59 Å². The summed E-state index contributed by atoms with van der Waals surface area (Å²) < 4.78 is 0. The molecule has 0 saturated heterocycles. The molecule has 3 aliphatic rings. The summed E-state index contributed by atoms with van der Waals surface area (Å²) in [7, 11) is 0. The molecule has 5 atom stereocenters. The number of hydrogen-bond donors (Lipinski definition) is 2. The lowest BCUT2D eigenvalue weighted by atomic mass is 9.62. The largest absolute Gasteiger partial charge is 0.392 e. The van der Waals surface area contributed by atoms with Gasteiger partial charge in [-0.25, -0.2) is 0 Å². The molecule has 0 aliphatic heterocycles. The third-order valence-corrected chi connectivity index (χ3v) is 10.5. The first-order valence-electron chi connectivity index (χ1n) is 15.4. The predicted molar refractivity (Wildman–Crippen MR) is 156 cm³/mol. The monoisotopic (exact) mass is 526 g/mol. The van der Waals surface area contributed by atoms with Crippen LogP contribution in [0.5, 0.6) is 0 Å².